The molecule has 1 aromatic heterocycles. The molecule has 76 valence electrons. The fraction of sp³-hybridized carbons (Fsp3) is 0.143. The van der Waals surface area contributed by atoms with Gasteiger partial charge in [-0.2, -0.15) is 0 Å². The fourth-order valence-electron chi connectivity index (χ4n) is 0.788. The molecule has 1 heterocycles. The van der Waals surface area contributed by atoms with E-state index in [1.165, 1.54) is 6.07 Å². The van der Waals surface area contributed by atoms with Crippen LogP contribution in [0.3, 0.4) is 0 Å². The van der Waals surface area contributed by atoms with Gasteiger partial charge in [0.05, 0.1) is 5.02 Å². The number of carbonyl (C=O) groups excluding carboxylic acids is 1. The Morgan fingerprint density at radius 2 is 2.21 bits per heavy atom. The van der Waals surface area contributed by atoms with Gasteiger partial charge in [-0.3, -0.25) is 4.79 Å². The van der Waals surface area contributed by atoms with Gasteiger partial charge < -0.3 is 5.73 Å². The molecule has 0 saturated carbocycles. The zero-order valence-electron chi connectivity index (χ0n) is 6.60. The first kappa shape index (κ1) is 11.6. The average Bonchev–Trinajstić information content (AvgIpc) is 2.08. The molecule has 7 heteroatoms. The molecule has 0 radical (unpaired) electrons. The first-order chi connectivity index (χ1) is 6.43. The predicted molar refractivity (Wildman–Crippen MR) is 55.4 cm³/mol. The molecule has 0 fully saturated rings. The lowest BCUT2D eigenvalue weighted by molar-refractivity contribution is 0.0993. The first-order valence-corrected chi connectivity index (χ1v) is 4.83. The topological polar surface area (TPSA) is 56.0 Å². The number of rotatable bonds is 2. The van der Waals surface area contributed by atoms with E-state index in [9.17, 15) is 13.6 Å². The van der Waals surface area contributed by atoms with E-state index in [0.29, 0.717) is 3.57 Å². The maximum atomic E-state index is 12.3. The summed E-state index contributed by atoms with van der Waals surface area (Å²) in [6.07, 6.45) is -2.82. The monoisotopic (exact) mass is 332 g/mol. The molecular formula is C7H4ClF2IN2O. The highest BCUT2D eigenvalue weighted by atomic mass is 127. The number of amides is 1. The molecule has 1 aromatic rings. The standard InChI is InChI=1S/C7H4ClF2IN2O/c8-4-2(11)1-3(7(12)14)13-5(4)6(9)10/h1,6H,(H2,12,14). The first-order valence-electron chi connectivity index (χ1n) is 3.37. The second-order valence-corrected chi connectivity index (χ2v) is 3.89. The maximum absolute atomic E-state index is 12.3. The third kappa shape index (κ3) is 2.30. The summed E-state index contributed by atoms with van der Waals surface area (Å²) in [5.74, 6) is -0.860. The van der Waals surface area contributed by atoms with Crippen LogP contribution in [0, 0.1) is 3.57 Å². The Kier molecular flexibility index (Phi) is 3.59. The van der Waals surface area contributed by atoms with Crippen LogP contribution >= 0.6 is 34.2 Å². The van der Waals surface area contributed by atoms with Gasteiger partial charge in [0.25, 0.3) is 12.3 Å². The number of hydrogen-bond donors (Lipinski definition) is 1. The van der Waals surface area contributed by atoms with Gasteiger partial charge in [0, 0.05) is 3.57 Å². The van der Waals surface area contributed by atoms with Crippen LogP contribution in [0.5, 0.6) is 0 Å². The Morgan fingerprint density at radius 3 is 2.64 bits per heavy atom. The minimum atomic E-state index is -2.82. The quantitative estimate of drug-likeness (QED) is 0.846. The number of nitrogens with zero attached hydrogens (tertiary/aromatic N) is 1. The highest BCUT2D eigenvalue weighted by Crippen LogP contribution is 2.29. The lowest BCUT2D eigenvalue weighted by atomic mass is 10.3. The largest absolute Gasteiger partial charge is 0.364 e. The van der Waals surface area contributed by atoms with E-state index < -0.39 is 18.0 Å². The summed E-state index contributed by atoms with van der Waals surface area (Å²) in [5, 5.41) is -0.148. The molecule has 0 aliphatic carbocycles. The molecule has 0 spiro atoms. The van der Waals surface area contributed by atoms with Crippen LogP contribution < -0.4 is 5.73 Å². The summed E-state index contributed by atoms with van der Waals surface area (Å²) in [5.41, 5.74) is 4.08. The van der Waals surface area contributed by atoms with Gasteiger partial charge in [0.2, 0.25) is 0 Å². The molecule has 0 unspecified atom stereocenters. The molecular weight excluding hydrogens is 328 g/mol. The Hall–Kier alpha value is -0.500. The van der Waals surface area contributed by atoms with Crippen molar-refractivity contribution >= 4 is 40.1 Å². The number of hydrogen-bond acceptors (Lipinski definition) is 2. The number of nitrogens with two attached hydrogens (primary N) is 1. The van der Waals surface area contributed by atoms with Gasteiger partial charge in [-0.25, -0.2) is 13.8 Å². The molecule has 0 aliphatic heterocycles. The van der Waals surface area contributed by atoms with E-state index in [4.69, 9.17) is 17.3 Å². The zero-order chi connectivity index (χ0) is 10.9. The lowest BCUT2D eigenvalue weighted by Gasteiger charge is -2.05. The Morgan fingerprint density at radius 1 is 1.64 bits per heavy atom. The number of pyridine rings is 1. The fourth-order valence-corrected chi connectivity index (χ4v) is 1.54. The van der Waals surface area contributed by atoms with Crippen molar-refractivity contribution < 1.29 is 13.6 Å². The summed E-state index contributed by atoms with van der Waals surface area (Å²) < 4.78 is 25.0. The van der Waals surface area contributed by atoms with Gasteiger partial charge >= 0.3 is 0 Å². The lowest BCUT2D eigenvalue weighted by Crippen LogP contribution is -2.14. The van der Waals surface area contributed by atoms with E-state index in [2.05, 4.69) is 4.98 Å². The highest BCUT2D eigenvalue weighted by Gasteiger charge is 2.19. The molecule has 14 heavy (non-hydrogen) atoms. The van der Waals surface area contributed by atoms with Crippen molar-refractivity contribution in [1.29, 1.82) is 0 Å². The normalized spacial score (nSPS) is 10.6. The molecule has 1 amide bonds. The van der Waals surface area contributed by atoms with Crippen LogP contribution in [0.2, 0.25) is 5.02 Å². The number of alkyl halides is 2. The second-order valence-electron chi connectivity index (χ2n) is 2.35. The Bertz CT molecular complexity index is 386. The molecule has 1 rings (SSSR count). The van der Waals surface area contributed by atoms with E-state index in [1.807, 2.05) is 0 Å². The third-order valence-corrected chi connectivity index (χ3v) is 2.96. The average molecular weight is 332 g/mol. The van der Waals surface area contributed by atoms with Crippen LogP contribution in [0.15, 0.2) is 6.07 Å². The van der Waals surface area contributed by atoms with E-state index in [-0.39, 0.29) is 10.7 Å². The summed E-state index contributed by atoms with van der Waals surface area (Å²) in [4.78, 5) is 14.1. The van der Waals surface area contributed by atoms with Gasteiger partial charge in [-0.15, -0.1) is 0 Å². The predicted octanol–water partition coefficient (Wildman–Crippen LogP) is 2.38. The third-order valence-electron chi connectivity index (χ3n) is 1.40. The van der Waals surface area contributed by atoms with Crippen LogP contribution in [-0.2, 0) is 0 Å². The van der Waals surface area contributed by atoms with Crippen molar-refractivity contribution in [1.82, 2.24) is 4.98 Å². The minimum absolute atomic E-state index is 0.148. The van der Waals surface area contributed by atoms with E-state index in [0.717, 1.165) is 0 Å². The zero-order valence-corrected chi connectivity index (χ0v) is 9.51. The molecule has 0 bridgehead atoms. The van der Waals surface area contributed by atoms with Crippen molar-refractivity contribution in [3.63, 3.8) is 0 Å². The summed E-state index contributed by atoms with van der Waals surface area (Å²) in [6.45, 7) is 0. The second kappa shape index (κ2) is 4.35. The van der Waals surface area contributed by atoms with Crippen LogP contribution in [0.4, 0.5) is 8.78 Å². The van der Waals surface area contributed by atoms with Crippen LogP contribution in [0.1, 0.15) is 22.6 Å². The van der Waals surface area contributed by atoms with Crippen molar-refractivity contribution in [2.24, 2.45) is 5.73 Å². The summed E-state index contributed by atoms with van der Waals surface area (Å²) >= 11 is 7.29. The van der Waals surface area contributed by atoms with Crippen LogP contribution in [0.25, 0.3) is 0 Å². The smallest absolute Gasteiger partial charge is 0.281 e. The Balaban J connectivity index is 3.35. The van der Waals surface area contributed by atoms with Crippen molar-refractivity contribution in [3.8, 4) is 0 Å². The molecule has 0 atom stereocenters. The van der Waals surface area contributed by atoms with E-state index >= 15 is 0 Å². The Labute approximate surface area is 96.8 Å². The number of aromatic nitrogens is 1. The molecule has 0 aliphatic rings. The maximum Gasteiger partial charge on any atom is 0.281 e. The molecule has 3 nitrogen and oxygen atoms in total. The van der Waals surface area contributed by atoms with Crippen molar-refractivity contribution in [3.05, 3.63) is 26.0 Å². The van der Waals surface area contributed by atoms with Gasteiger partial charge in [0.1, 0.15) is 11.4 Å². The van der Waals surface area contributed by atoms with E-state index in [1.54, 1.807) is 22.6 Å². The number of primary amides is 1. The van der Waals surface area contributed by atoms with Crippen molar-refractivity contribution in [2.45, 2.75) is 6.43 Å². The number of halogens is 4. The van der Waals surface area contributed by atoms with Crippen LogP contribution in [-0.4, -0.2) is 10.9 Å². The molecule has 0 aromatic carbocycles. The molecule has 2 N–H and O–H groups in total. The summed E-state index contributed by atoms with van der Waals surface area (Å²) in [6, 6.07) is 1.26. The number of carbonyl (C=O) groups is 1. The SMILES string of the molecule is NC(=O)c1cc(I)c(Cl)c(C(F)F)n1. The highest BCUT2D eigenvalue weighted by molar-refractivity contribution is 14.1. The summed E-state index contributed by atoms with van der Waals surface area (Å²) in [7, 11) is 0. The minimum Gasteiger partial charge on any atom is -0.364 e. The van der Waals surface area contributed by atoms with Gasteiger partial charge in [-0.05, 0) is 28.7 Å². The molecule has 0 saturated heterocycles. The van der Waals surface area contributed by atoms with Crippen molar-refractivity contribution in [2.75, 3.05) is 0 Å². The van der Waals surface area contributed by atoms with Gasteiger partial charge in [0.15, 0.2) is 0 Å². The van der Waals surface area contributed by atoms with Gasteiger partial charge in [-0.1, -0.05) is 11.6 Å².